The largest absolute Gasteiger partial charge is 0.465 e. The van der Waals surface area contributed by atoms with Crippen molar-refractivity contribution < 1.29 is 19.1 Å². The first kappa shape index (κ1) is 19.4. The second-order valence-corrected chi connectivity index (χ2v) is 6.58. The molecule has 1 aliphatic heterocycles. The molecule has 1 fully saturated rings. The third-order valence-corrected chi connectivity index (χ3v) is 4.62. The van der Waals surface area contributed by atoms with Gasteiger partial charge in [-0.25, -0.2) is 4.79 Å². The lowest BCUT2D eigenvalue weighted by Gasteiger charge is -2.15. The molecule has 6 nitrogen and oxygen atoms in total. The van der Waals surface area contributed by atoms with Gasteiger partial charge in [-0.05, 0) is 54.8 Å². The number of nitrogens with one attached hydrogen (secondary N) is 1. The van der Waals surface area contributed by atoms with Crippen LogP contribution in [0.25, 0.3) is 6.08 Å². The topological polar surface area (TPSA) is 75.7 Å². The monoisotopic (exact) mass is 378 g/mol. The van der Waals surface area contributed by atoms with Crippen LogP contribution in [-0.4, -0.2) is 31.4 Å². The van der Waals surface area contributed by atoms with E-state index < -0.39 is 5.97 Å². The Morgan fingerprint density at radius 2 is 1.89 bits per heavy atom. The van der Waals surface area contributed by atoms with Gasteiger partial charge in [-0.1, -0.05) is 18.2 Å². The second-order valence-electron chi connectivity index (χ2n) is 6.58. The lowest BCUT2D eigenvalue weighted by atomic mass is 10.1. The molecule has 2 amide bonds. The predicted molar refractivity (Wildman–Crippen MR) is 108 cm³/mol. The maximum atomic E-state index is 12.2. The Balaban J connectivity index is 1.65. The molecule has 144 valence electrons. The Morgan fingerprint density at radius 3 is 2.54 bits per heavy atom. The van der Waals surface area contributed by atoms with Crippen LogP contribution in [0.3, 0.4) is 0 Å². The van der Waals surface area contributed by atoms with Gasteiger partial charge in [-0.2, -0.15) is 0 Å². The number of nitrogens with zero attached hydrogens (tertiary/aromatic N) is 1. The van der Waals surface area contributed by atoms with Crippen molar-refractivity contribution >= 4 is 35.2 Å². The van der Waals surface area contributed by atoms with Crippen LogP contribution in [0.15, 0.2) is 48.5 Å². The molecule has 1 heterocycles. The number of methoxy groups -OCH3 is 1. The summed E-state index contributed by atoms with van der Waals surface area (Å²) in [7, 11) is 1.31. The second kappa shape index (κ2) is 8.52. The lowest BCUT2D eigenvalue weighted by molar-refractivity contribution is -0.117. The summed E-state index contributed by atoms with van der Waals surface area (Å²) < 4.78 is 4.70. The van der Waals surface area contributed by atoms with E-state index in [-0.39, 0.29) is 11.8 Å². The summed E-state index contributed by atoms with van der Waals surface area (Å²) in [6.45, 7) is 2.60. The smallest absolute Gasteiger partial charge is 0.337 e. The number of carbonyl (C=O) groups is 3. The Hall–Kier alpha value is -3.41. The maximum Gasteiger partial charge on any atom is 0.337 e. The molecule has 0 spiro atoms. The molecule has 1 saturated heterocycles. The van der Waals surface area contributed by atoms with Gasteiger partial charge < -0.3 is 15.0 Å². The summed E-state index contributed by atoms with van der Waals surface area (Å²) in [5.41, 5.74) is 3.50. The van der Waals surface area contributed by atoms with Crippen molar-refractivity contribution in [3.63, 3.8) is 0 Å². The van der Waals surface area contributed by atoms with Crippen molar-refractivity contribution in [2.45, 2.75) is 19.8 Å². The van der Waals surface area contributed by atoms with Crippen LogP contribution in [0.2, 0.25) is 0 Å². The first-order valence-corrected chi connectivity index (χ1v) is 9.06. The number of benzene rings is 2. The zero-order chi connectivity index (χ0) is 20.1. The van der Waals surface area contributed by atoms with Gasteiger partial charge in [0.15, 0.2) is 0 Å². The van der Waals surface area contributed by atoms with Gasteiger partial charge in [0.1, 0.15) is 0 Å². The Bertz CT molecular complexity index is 932. The van der Waals surface area contributed by atoms with E-state index in [1.54, 1.807) is 29.2 Å². The molecular formula is C22H22N2O4. The van der Waals surface area contributed by atoms with E-state index >= 15 is 0 Å². The van der Waals surface area contributed by atoms with Gasteiger partial charge in [0, 0.05) is 30.4 Å². The summed E-state index contributed by atoms with van der Waals surface area (Å²) in [6, 6.07) is 12.5. The average molecular weight is 378 g/mol. The highest BCUT2D eigenvalue weighted by atomic mass is 16.5. The zero-order valence-electron chi connectivity index (χ0n) is 15.9. The molecule has 0 atom stereocenters. The number of aryl methyl sites for hydroxylation is 1. The standard InChI is InChI=1S/C22H22N2O4/c1-15-5-9-17(22(27)28-2)14-19(15)23-20(25)12-8-16-6-10-18(11-7-16)24-13-3-4-21(24)26/h5-12,14H,3-4,13H2,1-2H3,(H,23,25)/b12-8+. The van der Waals surface area contributed by atoms with Crippen molar-refractivity contribution in [2.75, 3.05) is 23.9 Å². The Morgan fingerprint density at radius 1 is 1.14 bits per heavy atom. The lowest BCUT2D eigenvalue weighted by Crippen LogP contribution is -2.23. The molecule has 3 rings (SSSR count). The summed E-state index contributed by atoms with van der Waals surface area (Å²) in [4.78, 5) is 37.5. The fourth-order valence-electron chi connectivity index (χ4n) is 3.03. The number of carbonyl (C=O) groups excluding carboxylic acids is 3. The SMILES string of the molecule is COC(=O)c1ccc(C)c(NC(=O)/C=C/c2ccc(N3CCCC3=O)cc2)c1. The van der Waals surface area contributed by atoms with Crippen LogP contribution in [0.1, 0.15) is 34.3 Å². The molecule has 0 radical (unpaired) electrons. The molecule has 2 aromatic rings. The van der Waals surface area contributed by atoms with Gasteiger partial charge in [-0.15, -0.1) is 0 Å². The molecule has 0 unspecified atom stereocenters. The number of anilines is 2. The molecule has 6 heteroatoms. The summed E-state index contributed by atoms with van der Waals surface area (Å²) >= 11 is 0. The van der Waals surface area contributed by atoms with E-state index in [1.165, 1.54) is 13.2 Å². The van der Waals surface area contributed by atoms with Gasteiger partial charge in [-0.3, -0.25) is 9.59 Å². The normalized spacial score (nSPS) is 13.8. The first-order valence-electron chi connectivity index (χ1n) is 9.06. The van der Waals surface area contributed by atoms with Crippen LogP contribution < -0.4 is 10.2 Å². The van der Waals surface area contributed by atoms with Crippen molar-refractivity contribution in [1.82, 2.24) is 0 Å². The van der Waals surface area contributed by atoms with Gasteiger partial charge >= 0.3 is 5.97 Å². The summed E-state index contributed by atoms with van der Waals surface area (Å²) in [6.07, 6.45) is 4.61. The minimum absolute atomic E-state index is 0.146. The molecule has 0 saturated carbocycles. The predicted octanol–water partition coefficient (Wildman–Crippen LogP) is 3.56. The first-order chi connectivity index (χ1) is 13.5. The van der Waals surface area contributed by atoms with E-state index in [9.17, 15) is 14.4 Å². The van der Waals surface area contributed by atoms with E-state index in [2.05, 4.69) is 5.32 Å². The van der Waals surface area contributed by atoms with Crippen LogP contribution in [-0.2, 0) is 14.3 Å². The van der Waals surface area contributed by atoms with Crippen LogP contribution in [0.4, 0.5) is 11.4 Å². The number of amides is 2. The molecule has 0 aromatic heterocycles. The minimum atomic E-state index is -0.456. The van der Waals surface area contributed by atoms with Crippen molar-refractivity contribution in [1.29, 1.82) is 0 Å². The van der Waals surface area contributed by atoms with Crippen molar-refractivity contribution in [3.05, 3.63) is 65.2 Å². The fourth-order valence-corrected chi connectivity index (χ4v) is 3.03. The highest BCUT2D eigenvalue weighted by molar-refractivity contribution is 6.03. The molecule has 2 aromatic carbocycles. The van der Waals surface area contributed by atoms with E-state index in [4.69, 9.17) is 4.74 Å². The third-order valence-electron chi connectivity index (χ3n) is 4.62. The fraction of sp³-hybridized carbons (Fsp3) is 0.227. The maximum absolute atomic E-state index is 12.2. The van der Waals surface area contributed by atoms with E-state index in [1.807, 2.05) is 31.2 Å². The number of ether oxygens (including phenoxy) is 1. The van der Waals surface area contributed by atoms with Crippen molar-refractivity contribution in [2.24, 2.45) is 0 Å². The van der Waals surface area contributed by atoms with E-state index in [0.29, 0.717) is 17.7 Å². The molecule has 0 aliphatic carbocycles. The molecular weight excluding hydrogens is 356 g/mol. The number of esters is 1. The molecule has 1 N–H and O–H groups in total. The minimum Gasteiger partial charge on any atom is -0.465 e. The van der Waals surface area contributed by atoms with Crippen LogP contribution in [0, 0.1) is 6.92 Å². The zero-order valence-corrected chi connectivity index (χ0v) is 15.9. The van der Waals surface area contributed by atoms with Gasteiger partial charge in [0.25, 0.3) is 0 Å². The Kier molecular flexibility index (Phi) is 5.89. The highest BCUT2D eigenvalue weighted by Crippen LogP contribution is 2.22. The van der Waals surface area contributed by atoms with Gasteiger partial charge in [0.05, 0.1) is 12.7 Å². The van der Waals surface area contributed by atoms with E-state index in [0.717, 1.165) is 29.8 Å². The average Bonchev–Trinajstić information content (AvgIpc) is 3.13. The number of hydrogen-bond acceptors (Lipinski definition) is 4. The van der Waals surface area contributed by atoms with Gasteiger partial charge in [0.2, 0.25) is 11.8 Å². The number of rotatable bonds is 5. The Labute approximate surface area is 163 Å². The third kappa shape index (κ3) is 4.46. The summed E-state index contributed by atoms with van der Waals surface area (Å²) in [5, 5.41) is 2.78. The number of hydrogen-bond donors (Lipinski definition) is 1. The van der Waals surface area contributed by atoms with Crippen molar-refractivity contribution in [3.8, 4) is 0 Å². The highest BCUT2D eigenvalue weighted by Gasteiger charge is 2.21. The summed E-state index contributed by atoms with van der Waals surface area (Å²) in [5.74, 6) is -0.612. The van der Waals surface area contributed by atoms with Crippen LogP contribution in [0.5, 0.6) is 0 Å². The van der Waals surface area contributed by atoms with Crippen LogP contribution >= 0.6 is 0 Å². The molecule has 0 bridgehead atoms. The molecule has 1 aliphatic rings. The quantitative estimate of drug-likeness (QED) is 0.638. The molecule has 28 heavy (non-hydrogen) atoms.